The Morgan fingerprint density at radius 3 is 2.67 bits per heavy atom. The molecule has 1 saturated heterocycles. The van der Waals surface area contributed by atoms with Crippen LogP contribution in [0.5, 0.6) is 5.75 Å². The molecule has 0 aliphatic carbocycles. The van der Waals surface area contributed by atoms with Gasteiger partial charge in [0.15, 0.2) is 0 Å². The number of nitrogens with two attached hydrogens (primary N) is 1. The van der Waals surface area contributed by atoms with E-state index in [1.165, 1.54) is 11.6 Å². The lowest BCUT2D eigenvalue weighted by Gasteiger charge is -2.41. The predicted molar refractivity (Wildman–Crippen MR) is 122 cm³/mol. The molecule has 0 radical (unpaired) electrons. The van der Waals surface area contributed by atoms with E-state index in [2.05, 4.69) is 35.4 Å². The minimum Gasteiger partial charge on any atom is -0.496 e. The number of nitrogens with zero attached hydrogens (tertiary/aromatic N) is 2. The van der Waals surface area contributed by atoms with Crippen molar-refractivity contribution in [3.8, 4) is 5.75 Å². The maximum absolute atomic E-state index is 13.8. The summed E-state index contributed by atoms with van der Waals surface area (Å²) in [5.41, 5.74) is 11.0. The van der Waals surface area contributed by atoms with Crippen molar-refractivity contribution in [1.82, 2.24) is 4.90 Å². The number of halogens is 1. The van der Waals surface area contributed by atoms with E-state index in [1.807, 2.05) is 12.1 Å². The molecule has 1 unspecified atom stereocenters. The molecule has 4 nitrogen and oxygen atoms in total. The van der Waals surface area contributed by atoms with E-state index in [9.17, 15) is 4.39 Å². The number of para-hydroxylation sites is 1. The molecule has 2 heterocycles. The zero-order valence-electron chi connectivity index (χ0n) is 18.0. The highest BCUT2D eigenvalue weighted by Gasteiger charge is 2.29. The standard InChI is InChI=1S/C25H32FN3O/c1-17-8-9-20-14-21(26)15-23(27)25(20)29(17)18(2)16-28-12-10-19(11-13-28)22-6-4-5-7-24(22)30-3/h4-7,14-15,17,19H,2,8-13,16,27H2,1,3H3. The summed E-state index contributed by atoms with van der Waals surface area (Å²) in [7, 11) is 1.74. The van der Waals surface area contributed by atoms with Gasteiger partial charge in [-0.3, -0.25) is 4.90 Å². The minimum absolute atomic E-state index is 0.259. The first-order chi connectivity index (χ1) is 14.5. The van der Waals surface area contributed by atoms with Gasteiger partial charge in [-0.1, -0.05) is 24.8 Å². The fourth-order valence-corrected chi connectivity index (χ4v) is 5.09. The molecule has 1 atom stereocenters. The van der Waals surface area contributed by atoms with E-state index in [-0.39, 0.29) is 5.82 Å². The molecule has 2 N–H and O–H groups in total. The molecule has 30 heavy (non-hydrogen) atoms. The van der Waals surface area contributed by atoms with Crippen LogP contribution in [0.2, 0.25) is 0 Å². The van der Waals surface area contributed by atoms with Gasteiger partial charge in [0.25, 0.3) is 0 Å². The number of piperidine rings is 1. The second kappa shape index (κ2) is 8.68. The van der Waals surface area contributed by atoms with Crippen molar-refractivity contribution in [3.05, 3.63) is 65.6 Å². The topological polar surface area (TPSA) is 41.7 Å². The van der Waals surface area contributed by atoms with Crippen LogP contribution in [0, 0.1) is 5.82 Å². The van der Waals surface area contributed by atoms with Crippen LogP contribution in [0.25, 0.3) is 0 Å². The average molecular weight is 410 g/mol. The van der Waals surface area contributed by atoms with Gasteiger partial charge in [0.2, 0.25) is 0 Å². The van der Waals surface area contributed by atoms with Gasteiger partial charge in [0.05, 0.1) is 18.5 Å². The molecule has 2 aliphatic rings. The first-order valence-corrected chi connectivity index (χ1v) is 10.9. The fourth-order valence-electron chi connectivity index (χ4n) is 5.09. The van der Waals surface area contributed by atoms with Gasteiger partial charge in [-0.05, 0) is 80.9 Å². The number of hydrogen-bond acceptors (Lipinski definition) is 4. The van der Waals surface area contributed by atoms with Gasteiger partial charge in [0.1, 0.15) is 11.6 Å². The van der Waals surface area contributed by atoms with Gasteiger partial charge in [-0.25, -0.2) is 4.39 Å². The van der Waals surface area contributed by atoms with Crippen molar-refractivity contribution in [2.24, 2.45) is 0 Å². The third-order valence-corrected chi connectivity index (χ3v) is 6.61. The third kappa shape index (κ3) is 4.04. The zero-order valence-corrected chi connectivity index (χ0v) is 18.0. The van der Waals surface area contributed by atoms with Crippen molar-refractivity contribution in [1.29, 1.82) is 0 Å². The van der Waals surface area contributed by atoms with E-state index in [0.717, 1.165) is 68.0 Å². The van der Waals surface area contributed by atoms with E-state index in [4.69, 9.17) is 10.5 Å². The lowest BCUT2D eigenvalue weighted by molar-refractivity contribution is 0.224. The summed E-state index contributed by atoms with van der Waals surface area (Å²) < 4.78 is 19.4. The smallest absolute Gasteiger partial charge is 0.125 e. The summed E-state index contributed by atoms with van der Waals surface area (Å²) in [5, 5.41) is 0. The Hall–Kier alpha value is -2.53. The normalized spacial score (nSPS) is 20.1. The first-order valence-electron chi connectivity index (χ1n) is 10.9. The summed E-state index contributed by atoms with van der Waals surface area (Å²) >= 11 is 0. The Labute approximate surface area is 179 Å². The number of anilines is 2. The molecule has 1 fully saturated rings. The predicted octanol–water partition coefficient (Wildman–Crippen LogP) is 4.95. The molecular weight excluding hydrogens is 377 g/mol. The molecule has 0 bridgehead atoms. The van der Waals surface area contributed by atoms with E-state index >= 15 is 0 Å². The quantitative estimate of drug-likeness (QED) is 0.710. The molecule has 0 saturated carbocycles. The maximum atomic E-state index is 13.8. The van der Waals surface area contributed by atoms with Crippen molar-refractivity contribution in [2.75, 3.05) is 37.4 Å². The van der Waals surface area contributed by atoms with E-state index in [1.54, 1.807) is 13.2 Å². The molecule has 2 aromatic rings. The second-order valence-corrected chi connectivity index (χ2v) is 8.62. The van der Waals surface area contributed by atoms with E-state index < -0.39 is 0 Å². The Morgan fingerprint density at radius 2 is 1.93 bits per heavy atom. The highest BCUT2D eigenvalue weighted by Crippen LogP contribution is 2.39. The van der Waals surface area contributed by atoms with Crippen molar-refractivity contribution in [3.63, 3.8) is 0 Å². The van der Waals surface area contributed by atoms with Gasteiger partial charge in [0, 0.05) is 18.3 Å². The van der Waals surface area contributed by atoms with E-state index in [0.29, 0.717) is 17.6 Å². The average Bonchev–Trinajstić information content (AvgIpc) is 2.74. The highest BCUT2D eigenvalue weighted by molar-refractivity contribution is 5.75. The Morgan fingerprint density at radius 1 is 1.20 bits per heavy atom. The monoisotopic (exact) mass is 409 g/mol. The summed E-state index contributed by atoms with van der Waals surface area (Å²) in [4.78, 5) is 4.70. The highest BCUT2D eigenvalue weighted by atomic mass is 19.1. The zero-order chi connectivity index (χ0) is 21.3. The molecule has 5 heteroatoms. The molecule has 0 aromatic heterocycles. The van der Waals surface area contributed by atoms with Crippen LogP contribution in [-0.4, -0.2) is 37.7 Å². The molecule has 0 amide bonds. The second-order valence-electron chi connectivity index (χ2n) is 8.62. The lowest BCUT2D eigenvalue weighted by Crippen LogP contribution is -2.42. The number of aryl methyl sites for hydroxylation is 1. The fraction of sp³-hybridized carbons (Fsp3) is 0.440. The number of ether oxygens (including phenoxy) is 1. The summed E-state index contributed by atoms with van der Waals surface area (Å²) in [5.74, 6) is 1.26. The van der Waals surface area contributed by atoms with Crippen molar-refractivity contribution < 1.29 is 9.13 Å². The number of methoxy groups -OCH3 is 1. The van der Waals surface area contributed by atoms with Crippen molar-refractivity contribution >= 4 is 11.4 Å². The van der Waals surface area contributed by atoms with Gasteiger partial charge < -0.3 is 15.4 Å². The molecular formula is C25H32FN3O. The Kier molecular flexibility index (Phi) is 6.00. The summed E-state index contributed by atoms with van der Waals surface area (Å²) in [6, 6.07) is 11.7. The summed E-state index contributed by atoms with van der Waals surface area (Å²) in [6.07, 6.45) is 4.04. The van der Waals surface area contributed by atoms with Crippen LogP contribution >= 0.6 is 0 Å². The lowest BCUT2D eigenvalue weighted by atomic mass is 9.88. The van der Waals surface area contributed by atoms with Crippen LogP contribution in [0.4, 0.5) is 15.8 Å². The summed E-state index contributed by atoms with van der Waals surface area (Å²) in [6.45, 7) is 9.46. The molecule has 4 rings (SSSR count). The van der Waals surface area contributed by atoms with Crippen LogP contribution in [0.1, 0.15) is 43.2 Å². The number of hydrogen-bond donors (Lipinski definition) is 1. The van der Waals surface area contributed by atoms with Crippen LogP contribution in [0.15, 0.2) is 48.7 Å². The first kappa shape index (κ1) is 20.7. The van der Waals surface area contributed by atoms with Crippen LogP contribution in [-0.2, 0) is 6.42 Å². The third-order valence-electron chi connectivity index (χ3n) is 6.61. The maximum Gasteiger partial charge on any atom is 0.125 e. The molecule has 160 valence electrons. The Balaban J connectivity index is 1.43. The van der Waals surface area contributed by atoms with Gasteiger partial charge in [-0.2, -0.15) is 0 Å². The van der Waals surface area contributed by atoms with Crippen LogP contribution in [0.3, 0.4) is 0 Å². The number of fused-ring (bicyclic) bond motifs is 1. The largest absolute Gasteiger partial charge is 0.496 e. The Bertz CT molecular complexity index is 921. The van der Waals surface area contributed by atoms with Gasteiger partial charge in [-0.15, -0.1) is 0 Å². The SMILES string of the molecule is C=C(CN1CCC(c2ccccc2OC)CC1)N1c2c(N)cc(F)cc2CCC1C. The van der Waals surface area contributed by atoms with Gasteiger partial charge >= 0.3 is 0 Å². The number of benzene rings is 2. The molecule has 0 spiro atoms. The van der Waals surface area contributed by atoms with Crippen LogP contribution < -0.4 is 15.4 Å². The number of likely N-dealkylation sites (tertiary alicyclic amines) is 1. The molecule has 2 aromatic carbocycles. The number of nitrogen functional groups attached to an aromatic ring is 1. The minimum atomic E-state index is -0.259. The molecule has 2 aliphatic heterocycles. The van der Waals surface area contributed by atoms with Crippen molar-refractivity contribution in [2.45, 2.75) is 44.6 Å². The number of rotatable bonds is 5.